The number of hydrogen-bond acceptors (Lipinski definition) is 1. The molecule has 0 atom stereocenters. The second-order valence-corrected chi connectivity index (χ2v) is 5.03. The van der Waals surface area contributed by atoms with Crippen molar-refractivity contribution in [1.29, 1.82) is 0 Å². The van der Waals surface area contributed by atoms with Crippen LogP contribution in [0.15, 0.2) is 0 Å². The van der Waals surface area contributed by atoms with E-state index in [4.69, 9.17) is 5.11 Å². The predicted molar refractivity (Wildman–Crippen MR) is 81.9 cm³/mol. The van der Waals surface area contributed by atoms with Crippen LogP contribution in [0.4, 0.5) is 0 Å². The molecule has 18 heavy (non-hydrogen) atoms. The summed E-state index contributed by atoms with van der Waals surface area (Å²) >= 11 is 0. The first-order valence-corrected chi connectivity index (χ1v) is 7.49. The summed E-state index contributed by atoms with van der Waals surface area (Å²) in [6.07, 6.45) is 15.8. The van der Waals surface area contributed by atoms with Gasteiger partial charge in [-0.25, -0.2) is 0 Å². The van der Waals surface area contributed by atoms with Gasteiger partial charge in [-0.1, -0.05) is 77.6 Å². The van der Waals surface area contributed by atoms with E-state index >= 15 is 0 Å². The number of carboxylic acid groups (broad SMARTS) is 1. The minimum absolute atomic E-state index is 0. The Morgan fingerprint density at radius 1 is 0.722 bits per heavy atom. The molecule has 1 N–H and O–H groups in total. The zero-order valence-corrected chi connectivity index (χ0v) is 11.5. The molecule has 0 aliphatic carbocycles. The van der Waals surface area contributed by atoms with E-state index in [-0.39, 0.29) is 37.7 Å². The van der Waals surface area contributed by atoms with E-state index in [1.54, 1.807) is 0 Å². The first-order chi connectivity index (χ1) is 8.27. The van der Waals surface area contributed by atoms with Crippen molar-refractivity contribution in [1.82, 2.24) is 0 Å². The molecule has 3 heteroatoms. The zero-order valence-electron chi connectivity index (χ0n) is 11.5. The Morgan fingerprint density at radius 2 is 1.06 bits per heavy atom. The molecule has 0 amide bonds. The Hall–Kier alpha value is 0.730. The molecule has 0 rings (SSSR count). The number of unbranched alkanes of at least 4 members (excludes halogenated alkanes) is 11. The van der Waals surface area contributed by atoms with Crippen molar-refractivity contribution in [2.24, 2.45) is 0 Å². The van der Waals surface area contributed by atoms with Gasteiger partial charge in [0.25, 0.3) is 0 Å². The molecule has 0 heterocycles. The zero-order chi connectivity index (χ0) is 12.8. The normalized spacial score (nSPS) is 10.1. The number of aliphatic carboxylic acids is 1. The maximum atomic E-state index is 10.3. The van der Waals surface area contributed by atoms with Gasteiger partial charge in [-0.2, -0.15) is 0 Å². The van der Waals surface area contributed by atoms with Gasteiger partial charge >= 0.3 is 43.7 Å². The van der Waals surface area contributed by atoms with E-state index in [2.05, 4.69) is 6.92 Å². The van der Waals surface area contributed by atoms with Gasteiger partial charge in [-0.3, -0.25) is 4.79 Å². The van der Waals surface area contributed by atoms with Gasteiger partial charge in [0.05, 0.1) is 0 Å². The average molecular weight is 284 g/mol. The third-order valence-corrected chi connectivity index (χ3v) is 3.24. The summed E-state index contributed by atoms with van der Waals surface area (Å²) in [5, 5.41) is 8.47. The second kappa shape index (κ2) is 17.7. The molecule has 0 saturated carbocycles. The van der Waals surface area contributed by atoms with Crippen LogP contribution in [0.1, 0.15) is 90.4 Å². The topological polar surface area (TPSA) is 37.3 Å². The Morgan fingerprint density at radius 3 is 1.39 bits per heavy atom. The maximum absolute atomic E-state index is 10.3. The summed E-state index contributed by atoms with van der Waals surface area (Å²) in [6.45, 7) is 2.25. The number of rotatable bonds is 13. The molecule has 0 unspecified atom stereocenters. The molecule has 0 saturated heterocycles. The van der Waals surface area contributed by atoms with Gasteiger partial charge < -0.3 is 5.11 Å². The van der Waals surface area contributed by atoms with Crippen LogP contribution in [0.5, 0.6) is 0 Å². The molecule has 106 valence electrons. The second-order valence-electron chi connectivity index (χ2n) is 5.03. The van der Waals surface area contributed by atoms with Gasteiger partial charge in [0.1, 0.15) is 0 Å². The van der Waals surface area contributed by atoms with Crippen LogP contribution in [-0.2, 0) is 4.79 Å². The van der Waals surface area contributed by atoms with E-state index in [1.165, 1.54) is 64.2 Å². The van der Waals surface area contributed by atoms with Crippen molar-refractivity contribution in [2.75, 3.05) is 0 Å². The number of carbonyl (C=O) groups is 1. The fourth-order valence-corrected chi connectivity index (χ4v) is 2.12. The summed E-state index contributed by atoms with van der Waals surface area (Å²) in [7, 11) is 0. The van der Waals surface area contributed by atoms with E-state index in [9.17, 15) is 4.79 Å². The fraction of sp³-hybridized carbons (Fsp3) is 0.933. The van der Waals surface area contributed by atoms with Gasteiger partial charge in [-0.15, -0.1) is 0 Å². The molecule has 0 radical (unpaired) electrons. The first-order valence-electron chi connectivity index (χ1n) is 7.49. The van der Waals surface area contributed by atoms with E-state index in [1.807, 2.05) is 0 Å². The van der Waals surface area contributed by atoms with Crippen molar-refractivity contribution in [3.63, 3.8) is 0 Å². The molecule has 0 aromatic rings. The van der Waals surface area contributed by atoms with E-state index in [0.29, 0.717) is 6.42 Å². The molecule has 0 aliphatic heterocycles. The molecule has 0 fully saturated rings. The molecule has 0 spiro atoms. The summed E-state index contributed by atoms with van der Waals surface area (Å²) in [4.78, 5) is 10.3. The summed E-state index contributed by atoms with van der Waals surface area (Å²) in [5.74, 6) is -0.655. The Kier molecular flexibility index (Phi) is 20.7. The summed E-state index contributed by atoms with van der Waals surface area (Å²) in [5.41, 5.74) is 0. The fourth-order valence-electron chi connectivity index (χ4n) is 2.12. The van der Waals surface area contributed by atoms with E-state index < -0.39 is 5.97 Å². The van der Waals surface area contributed by atoms with Gasteiger partial charge in [0.2, 0.25) is 0 Å². The minimum atomic E-state index is -0.655. The quantitative estimate of drug-likeness (QED) is 0.405. The monoisotopic (exact) mass is 284 g/mol. The van der Waals surface area contributed by atoms with Crippen LogP contribution in [0.3, 0.4) is 0 Å². The molecular weight excluding hydrogens is 252 g/mol. The van der Waals surface area contributed by atoms with Crippen LogP contribution < -0.4 is 0 Å². The Labute approximate surface area is 143 Å². The molecule has 0 aliphatic rings. The summed E-state index contributed by atoms with van der Waals surface area (Å²) < 4.78 is 0. The molecule has 0 aromatic carbocycles. The van der Waals surface area contributed by atoms with Gasteiger partial charge in [-0.05, 0) is 6.42 Å². The van der Waals surface area contributed by atoms with Crippen molar-refractivity contribution in [3.8, 4) is 0 Å². The SMILES string of the molecule is CCCCCCCCCCCCCCC(=O)O.[CaH2]. The molecular formula is C15H32CaO2. The average Bonchev–Trinajstić information content (AvgIpc) is 2.30. The third kappa shape index (κ3) is 19.1. The Bertz CT molecular complexity index is 172. The van der Waals surface area contributed by atoms with Crippen molar-refractivity contribution < 1.29 is 9.90 Å². The van der Waals surface area contributed by atoms with Crippen LogP contribution >= 0.6 is 0 Å². The van der Waals surface area contributed by atoms with Gasteiger partial charge in [0.15, 0.2) is 0 Å². The van der Waals surface area contributed by atoms with Crippen molar-refractivity contribution in [3.05, 3.63) is 0 Å². The van der Waals surface area contributed by atoms with Crippen LogP contribution in [0, 0.1) is 0 Å². The van der Waals surface area contributed by atoms with E-state index in [0.717, 1.165) is 12.8 Å². The van der Waals surface area contributed by atoms with Gasteiger partial charge in [0, 0.05) is 6.42 Å². The predicted octanol–water partition coefficient (Wildman–Crippen LogP) is 4.25. The van der Waals surface area contributed by atoms with Crippen molar-refractivity contribution >= 4 is 43.7 Å². The van der Waals surface area contributed by atoms with Crippen LogP contribution in [-0.4, -0.2) is 48.8 Å². The van der Waals surface area contributed by atoms with Crippen LogP contribution in [0.25, 0.3) is 0 Å². The molecule has 0 bridgehead atoms. The standard InChI is InChI=1S/C15H30O2.Ca.2H/c1-2-3-4-5-6-7-8-9-10-11-12-13-14-15(16)17;;;/h2-14H2,1H3,(H,16,17);;;. The first kappa shape index (κ1) is 21.0. The Balaban J connectivity index is 0. The third-order valence-electron chi connectivity index (χ3n) is 3.24. The number of hydrogen-bond donors (Lipinski definition) is 1. The number of carboxylic acids is 1. The van der Waals surface area contributed by atoms with Crippen molar-refractivity contribution in [2.45, 2.75) is 90.4 Å². The molecule has 0 aromatic heterocycles. The summed E-state index contributed by atoms with van der Waals surface area (Å²) in [6, 6.07) is 0. The van der Waals surface area contributed by atoms with Crippen LogP contribution in [0.2, 0.25) is 0 Å². The molecule has 2 nitrogen and oxygen atoms in total.